The number of nitrogens with one attached hydrogen (secondary N) is 2. The minimum atomic E-state index is -0.111. The van der Waals surface area contributed by atoms with Gasteiger partial charge in [0.15, 0.2) is 6.61 Å². The molecule has 4 nitrogen and oxygen atoms in total. The second-order valence-corrected chi connectivity index (χ2v) is 6.94. The maximum absolute atomic E-state index is 12.1. The van der Waals surface area contributed by atoms with Gasteiger partial charge in [0.05, 0.1) is 14.1 Å². The number of carbonyl (C=O) groups is 1. The van der Waals surface area contributed by atoms with Crippen LogP contribution < -0.4 is 15.0 Å². The van der Waals surface area contributed by atoms with Gasteiger partial charge in [-0.15, -0.1) is 0 Å². The molecule has 0 fully saturated rings. The van der Waals surface area contributed by atoms with Crippen LogP contribution in [-0.4, -0.2) is 26.6 Å². The zero-order valence-corrected chi connectivity index (χ0v) is 15.6. The van der Waals surface area contributed by atoms with Crippen molar-refractivity contribution in [3.8, 4) is 5.75 Å². The fraction of sp³-hybridized carbons (Fsp3) is 0.381. The number of hydrogen-bond acceptors (Lipinski definition) is 2. The van der Waals surface area contributed by atoms with E-state index in [2.05, 4.69) is 45.4 Å². The van der Waals surface area contributed by atoms with E-state index in [9.17, 15) is 4.79 Å². The molecular weight excluding hydrogens is 312 g/mol. The summed E-state index contributed by atoms with van der Waals surface area (Å²) in [5, 5.41) is 2.94. The van der Waals surface area contributed by atoms with Gasteiger partial charge in [0.1, 0.15) is 12.3 Å². The SMILES string of the molecule is CC(C)c1ccc(OCC(=O)NCc2ccccc2C[NH+](C)C)cc1. The summed E-state index contributed by atoms with van der Waals surface area (Å²) < 4.78 is 5.57. The molecule has 4 heteroatoms. The number of rotatable bonds is 8. The quantitative estimate of drug-likeness (QED) is 0.773. The minimum Gasteiger partial charge on any atom is -0.484 e. The average molecular weight is 341 g/mol. The van der Waals surface area contributed by atoms with E-state index in [1.165, 1.54) is 16.0 Å². The Morgan fingerprint density at radius 3 is 2.28 bits per heavy atom. The maximum atomic E-state index is 12.1. The van der Waals surface area contributed by atoms with Crippen LogP contribution in [-0.2, 0) is 17.9 Å². The Balaban J connectivity index is 1.83. The van der Waals surface area contributed by atoms with Gasteiger partial charge < -0.3 is 15.0 Å². The normalized spacial score (nSPS) is 11.0. The molecule has 0 saturated carbocycles. The lowest BCUT2D eigenvalue weighted by Crippen LogP contribution is -3.04. The first-order valence-electron chi connectivity index (χ1n) is 8.81. The molecule has 0 atom stereocenters. The molecule has 0 aromatic heterocycles. The zero-order valence-electron chi connectivity index (χ0n) is 15.6. The van der Waals surface area contributed by atoms with Gasteiger partial charge in [0.25, 0.3) is 5.91 Å². The summed E-state index contributed by atoms with van der Waals surface area (Å²) in [6.45, 7) is 5.79. The third-order valence-corrected chi connectivity index (χ3v) is 4.06. The van der Waals surface area contributed by atoms with E-state index in [1.54, 1.807) is 0 Å². The highest BCUT2D eigenvalue weighted by Gasteiger charge is 2.08. The summed E-state index contributed by atoms with van der Waals surface area (Å²) in [4.78, 5) is 13.4. The highest BCUT2D eigenvalue weighted by Crippen LogP contribution is 2.18. The third-order valence-electron chi connectivity index (χ3n) is 4.06. The van der Waals surface area contributed by atoms with Gasteiger partial charge in [0, 0.05) is 12.1 Å². The fourth-order valence-electron chi connectivity index (χ4n) is 2.63. The molecule has 0 bridgehead atoms. The molecule has 2 rings (SSSR count). The molecule has 0 aliphatic heterocycles. The van der Waals surface area contributed by atoms with Crippen molar-refractivity contribution in [3.63, 3.8) is 0 Å². The standard InChI is InChI=1S/C21H28N2O2/c1-16(2)17-9-11-20(12-10-17)25-15-21(24)22-13-18-7-5-6-8-19(18)14-23(3)4/h5-12,16H,13-15H2,1-4H3,(H,22,24)/p+1. The van der Waals surface area contributed by atoms with Crippen LogP contribution in [0.4, 0.5) is 0 Å². The van der Waals surface area contributed by atoms with E-state index in [4.69, 9.17) is 4.74 Å². The van der Waals surface area contributed by atoms with Gasteiger partial charge >= 0.3 is 0 Å². The van der Waals surface area contributed by atoms with Gasteiger partial charge in [-0.25, -0.2) is 0 Å². The van der Waals surface area contributed by atoms with Gasteiger partial charge in [-0.2, -0.15) is 0 Å². The van der Waals surface area contributed by atoms with Crippen molar-refractivity contribution in [2.75, 3.05) is 20.7 Å². The van der Waals surface area contributed by atoms with E-state index in [0.29, 0.717) is 12.5 Å². The predicted molar refractivity (Wildman–Crippen MR) is 101 cm³/mol. The fourth-order valence-corrected chi connectivity index (χ4v) is 2.63. The minimum absolute atomic E-state index is 0.0299. The maximum Gasteiger partial charge on any atom is 0.258 e. The summed E-state index contributed by atoms with van der Waals surface area (Å²) in [7, 11) is 4.24. The molecule has 0 unspecified atom stereocenters. The summed E-state index contributed by atoms with van der Waals surface area (Å²) >= 11 is 0. The Morgan fingerprint density at radius 2 is 1.68 bits per heavy atom. The molecule has 1 amide bonds. The van der Waals surface area contributed by atoms with E-state index < -0.39 is 0 Å². The van der Waals surface area contributed by atoms with Gasteiger partial charge in [-0.1, -0.05) is 50.2 Å². The molecule has 0 spiro atoms. The number of benzene rings is 2. The average Bonchev–Trinajstić information content (AvgIpc) is 2.59. The molecule has 0 heterocycles. The van der Waals surface area contributed by atoms with Crippen LogP contribution in [0.25, 0.3) is 0 Å². The number of hydrogen-bond donors (Lipinski definition) is 2. The number of carbonyl (C=O) groups excluding carboxylic acids is 1. The molecule has 134 valence electrons. The number of amides is 1. The molecule has 0 aliphatic carbocycles. The van der Waals surface area contributed by atoms with E-state index >= 15 is 0 Å². The summed E-state index contributed by atoms with van der Waals surface area (Å²) in [5.74, 6) is 1.09. The topological polar surface area (TPSA) is 42.8 Å². The van der Waals surface area contributed by atoms with E-state index in [0.717, 1.165) is 17.9 Å². The zero-order chi connectivity index (χ0) is 18.2. The molecular formula is C21H29N2O2+. The van der Waals surface area contributed by atoms with Crippen molar-refractivity contribution < 1.29 is 14.4 Å². The first kappa shape index (κ1) is 19.0. The van der Waals surface area contributed by atoms with Crippen molar-refractivity contribution in [1.29, 1.82) is 0 Å². The van der Waals surface area contributed by atoms with E-state index in [-0.39, 0.29) is 12.5 Å². The Kier molecular flexibility index (Phi) is 7.02. The molecule has 25 heavy (non-hydrogen) atoms. The van der Waals surface area contributed by atoms with Crippen LogP contribution >= 0.6 is 0 Å². The van der Waals surface area contributed by atoms with Crippen LogP contribution in [0.3, 0.4) is 0 Å². The van der Waals surface area contributed by atoms with Gasteiger partial charge in [0.2, 0.25) is 0 Å². The van der Waals surface area contributed by atoms with Crippen LogP contribution in [0.1, 0.15) is 36.5 Å². The van der Waals surface area contributed by atoms with Crippen LogP contribution in [0.5, 0.6) is 5.75 Å². The van der Waals surface area contributed by atoms with Crippen molar-refractivity contribution in [2.45, 2.75) is 32.9 Å². The second kappa shape index (κ2) is 9.23. The number of quaternary nitrogens is 1. The van der Waals surface area contributed by atoms with Gasteiger partial charge in [-0.3, -0.25) is 4.79 Å². The molecule has 2 aromatic carbocycles. The third kappa shape index (κ3) is 6.24. The highest BCUT2D eigenvalue weighted by molar-refractivity contribution is 5.77. The Hall–Kier alpha value is -2.33. The summed E-state index contributed by atoms with van der Waals surface area (Å²) in [6.07, 6.45) is 0. The van der Waals surface area contributed by atoms with Crippen molar-refractivity contribution in [1.82, 2.24) is 5.32 Å². The van der Waals surface area contributed by atoms with Crippen LogP contribution in [0.15, 0.2) is 48.5 Å². The lowest BCUT2D eigenvalue weighted by atomic mass is 10.0. The van der Waals surface area contributed by atoms with Gasteiger partial charge in [-0.05, 0) is 29.2 Å². The van der Waals surface area contributed by atoms with Crippen LogP contribution in [0, 0.1) is 0 Å². The first-order valence-corrected chi connectivity index (χ1v) is 8.81. The van der Waals surface area contributed by atoms with Crippen LogP contribution in [0.2, 0.25) is 0 Å². The van der Waals surface area contributed by atoms with Crippen molar-refractivity contribution >= 4 is 5.91 Å². The highest BCUT2D eigenvalue weighted by atomic mass is 16.5. The van der Waals surface area contributed by atoms with Crippen molar-refractivity contribution in [2.24, 2.45) is 0 Å². The Morgan fingerprint density at radius 1 is 1.04 bits per heavy atom. The molecule has 0 aliphatic rings. The largest absolute Gasteiger partial charge is 0.484 e. The molecule has 0 saturated heterocycles. The summed E-state index contributed by atoms with van der Waals surface area (Å²) in [5.41, 5.74) is 3.67. The smallest absolute Gasteiger partial charge is 0.258 e. The molecule has 0 radical (unpaired) electrons. The summed E-state index contributed by atoms with van der Waals surface area (Å²) in [6, 6.07) is 16.1. The lowest BCUT2D eigenvalue weighted by Gasteiger charge is -2.13. The van der Waals surface area contributed by atoms with E-state index in [1.807, 2.05) is 36.4 Å². The predicted octanol–water partition coefficient (Wildman–Crippen LogP) is 2.15. The Bertz CT molecular complexity index is 679. The molecule has 2 aromatic rings. The van der Waals surface area contributed by atoms with Crippen molar-refractivity contribution in [3.05, 3.63) is 65.2 Å². The second-order valence-electron chi connectivity index (χ2n) is 6.94. The lowest BCUT2D eigenvalue weighted by molar-refractivity contribution is -0.872. The molecule has 2 N–H and O–H groups in total. The first-order chi connectivity index (χ1) is 12.0. The monoisotopic (exact) mass is 341 g/mol. The Labute approximate surface area is 150 Å². The number of ether oxygens (including phenoxy) is 1.